The van der Waals surface area contributed by atoms with Gasteiger partial charge in [-0.3, -0.25) is 0 Å². The molecule has 1 N–H and O–H groups in total. The standard InChI is InChI=1S/C29H41N2O3S/c1-21(2)19-31-16-14-29(15-17-31)18-25-24(27(29)30-35(32)28(3,4)5)8-7-9-26(25)34-20-22-10-12-23(33-6)13-11-22/h7-13,27,30H,14-20H2,1-6H3/t27-,35-/m1/s1. The number of nitrogens with zero attached hydrogens (tertiary/aromatic N) is 1. The average Bonchev–Trinajstić information content (AvgIpc) is 3.12. The van der Waals surface area contributed by atoms with Crippen LogP contribution < -0.4 is 14.2 Å². The van der Waals surface area contributed by atoms with Crippen LogP contribution in [0.3, 0.4) is 0 Å². The number of fused-ring (bicyclic) bond motifs is 1. The SMILES string of the molecule is COc1ccc(COc2cccc3c2CC2(CCN(C[C](C)C)CC2)[C@@H]3N[S@+]([O-])C(C)(C)C)cc1. The molecule has 1 spiro atoms. The molecule has 0 amide bonds. The van der Waals surface area contributed by atoms with Gasteiger partial charge in [0.15, 0.2) is 0 Å². The van der Waals surface area contributed by atoms with Crippen molar-refractivity contribution in [2.24, 2.45) is 5.41 Å². The first kappa shape index (κ1) is 26.3. The van der Waals surface area contributed by atoms with Crippen molar-refractivity contribution in [1.29, 1.82) is 0 Å². The zero-order valence-corrected chi connectivity index (χ0v) is 23.0. The van der Waals surface area contributed by atoms with Gasteiger partial charge in [-0.2, -0.15) is 0 Å². The summed E-state index contributed by atoms with van der Waals surface area (Å²) < 4.78 is 28.2. The van der Waals surface area contributed by atoms with E-state index in [-0.39, 0.29) is 16.2 Å². The van der Waals surface area contributed by atoms with Crippen LogP contribution in [0, 0.1) is 11.3 Å². The predicted octanol–water partition coefficient (Wildman–Crippen LogP) is 5.62. The van der Waals surface area contributed by atoms with Gasteiger partial charge in [-0.1, -0.05) is 38.1 Å². The van der Waals surface area contributed by atoms with Gasteiger partial charge in [0.1, 0.15) is 22.9 Å². The molecule has 1 saturated heterocycles. The van der Waals surface area contributed by atoms with E-state index >= 15 is 0 Å². The Morgan fingerprint density at radius 2 is 1.80 bits per heavy atom. The number of piperidine rings is 1. The fourth-order valence-electron chi connectivity index (χ4n) is 5.39. The number of rotatable bonds is 8. The molecule has 1 heterocycles. The van der Waals surface area contributed by atoms with Gasteiger partial charge in [-0.15, -0.1) is 4.72 Å². The fourth-order valence-corrected chi connectivity index (χ4v) is 6.33. The van der Waals surface area contributed by atoms with E-state index in [0.717, 1.165) is 56.0 Å². The molecule has 6 heteroatoms. The van der Waals surface area contributed by atoms with Crippen LogP contribution in [0.15, 0.2) is 42.5 Å². The lowest BCUT2D eigenvalue weighted by atomic mass is 9.73. The predicted molar refractivity (Wildman–Crippen MR) is 144 cm³/mol. The van der Waals surface area contributed by atoms with E-state index in [4.69, 9.17) is 9.47 Å². The van der Waals surface area contributed by atoms with Gasteiger partial charge in [-0.25, -0.2) is 0 Å². The quantitative estimate of drug-likeness (QED) is 0.480. The number of likely N-dealkylation sites (tertiary alicyclic amines) is 1. The van der Waals surface area contributed by atoms with Gasteiger partial charge in [0.05, 0.1) is 13.2 Å². The van der Waals surface area contributed by atoms with Crippen molar-refractivity contribution in [3.63, 3.8) is 0 Å². The van der Waals surface area contributed by atoms with Crippen LogP contribution in [-0.4, -0.2) is 40.9 Å². The van der Waals surface area contributed by atoms with E-state index in [0.29, 0.717) is 6.61 Å². The first-order chi connectivity index (χ1) is 16.6. The minimum absolute atomic E-state index is 0.0565. The molecule has 35 heavy (non-hydrogen) atoms. The second-order valence-electron chi connectivity index (χ2n) is 11.4. The largest absolute Gasteiger partial charge is 0.598 e. The Labute approximate surface area is 214 Å². The van der Waals surface area contributed by atoms with Crippen molar-refractivity contribution in [2.75, 3.05) is 26.7 Å². The Hall–Kier alpha value is -1.73. The van der Waals surface area contributed by atoms with Gasteiger partial charge >= 0.3 is 0 Å². The van der Waals surface area contributed by atoms with E-state index in [9.17, 15) is 4.55 Å². The van der Waals surface area contributed by atoms with Crippen LogP contribution in [0.4, 0.5) is 0 Å². The summed E-state index contributed by atoms with van der Waals surface area (Å²) in [6.45, 7) is 14.2. The van der Waals surface area contributed by atoms with Crippen LogP contribution in [0.25, 0.3) is 0 Å². The first-order valence-electron chi connectivity index (χ1n) is 12.7. The number of hydrogen-bond donors (Lipinski definition) is 1. The van der Waals surface area contributed by atoms with Crippen LogP contribution in [0.1, 0.15) is 70.2 Å². The number of ether oxygens (including phenoxy) is 2. The van der Waals surface area contributed by atoms with Crippen molar-refractivity contribution in [3.8, 4) is 11.5 Å². The Bertz CT molecular complexity index is 978. The summed E-state index contributed by atoms with van der Waals surface area (Å²) >= 11 is -1.14. The lowest BCUT2D eigenvalue weighted by Gasteiger charge is -2.44. The second-order valence-corrected chi connectivity index (χ2v) is 13.4. The van der Waals surface area contributed by atoms with Gasteiger partial charge in [0, 0.05) is 23.3 Å². The summed E-state index contributed by atoms with van der Waals surface area (Å²) in [5, 5.41) is 0. The zero-order chi connectivity index (χ0) is 25.2. The Balaban J connectivity index is 1.58. The van der Waals surface area contributed by atoms with Crippen molar-refractivity contribution in [2.45, 2.75) is 71.3 Å². The maximum atomic E-state index is 13.3. The lowest BCUT2D eigenvalue weighted by Crippen LogP contribution is -2.50. The van der Waals surface area contributed by atoms with Crippen molar-refractivity contribution < 1.29 is 14.0 Å². The maximum absolute atomic E-state index is 13.3. The second kappa shape index (κ2) is 10.7. The van der Waals surface area contributed by atoms with E-state index in [1.165, 1.54) is 17.0 Å². The number of nitrogens with one attached hydrogen (secondary N) is 1. The average molecular weight is 498 g/mol. The molecule has 1 fully saturated rings. The third-order valence-electron chi connectivity index (χ3n) is 7.35. The number of methoxy groups -OCH3 is 1. The third kappa shape index (κ3) is 5.99. The first-order valence-corrected chi connectivity index (χ1v) is 13.8. The highest BCUT2D eigenvalue weighted by Crippen LogP contribution is 2.54. The fraction of sp³-hybridized carbons (Fsp3) is 0.552. The van der Waals surface area contributed by atoms with E-state index in [1.54, 1.807) is 7.11 Å². The van der Waals surface area contributed by atoms with E-state index < -0.39 is 11.4 Å². The molecule has 191 valence electrons. The molecule has 5 nitrogen and oxygen atoms in total. The Kier molecular flexibility index (Phi) is 8.06. The molecule has 1 radical (unpaired) electrons. The molecule has 2 atom stereocenters. The van der Waals surface area contributed by atoms with Gasteiger partial charge in [-0.05, 0) is 93.9 Å². The third-order valence-corrected chi connectivity index (χ3v) is 8.91. The highest BCUT2D eigenvalue weighted by Gasteiger charge is 2.51. The maximum Gasteiger partial charge on any atom is 0.136 e. The van der Waals surface area contributed by atoms with Crippen LogP contribution >= 0.6 is 0 Å². The minimum Gasteiger partial charge on any atom is -0.598 e. The summed E-state index contributed by atoms with van der Waals surface area (Å²) in [4.78, 5) is 2.56. The lowest BCUT2D eigenvalue weighted by molar-refractivity contribution is 0.0865. The van der Waals surface area contributed by atoms with Crippen LogP contribution in [0.2, 0.25) is 0 Å². The number of hydrogen-bond acceptors (Lipinski definition) is 5. The normalized spacial score (nSPS) is 20.7. The number of benzene rings is 2. The van der Waals surface area contributed by atoms with Crippen molar-refractivity contribution >= 4 is 11.4 Å². The van der Waals surface area contributed by atoms with Crippen LogP contribution in [0.5, 0.6) is 11.5 Å². The molecule has 2 aromatic carbocycles. The summed E-state index contributed by atoms with van der Waals surface area (Å²) in [7, 11) is 1.68. The highest BCUT2D eigenvalue weighted by molar-refractivity contribution is 7.90. The van der Waals surface area contributed by atoms with Crippen LogP contribution in [-0.2, 0) is 24.4 Å². The molecule has 0 unspecified atom stereocenters. The summed E-state index contributed by atoms with van der Waals surface area (Å²) in [5.74, 6) is 3.25. The molecule has 4 rings (SSSR count). The van der Waals surface area contributed by atoms with E-state index in [1.807, 2.05) is 45.0 Å². The molecular weight excluding hydrogens is 456 g/mol. The minimum atomic E-state index is -1.14. The zero-order valence-electron chi connectivity index (χ0n) is 22.1. The van der Waals surface area contributed by atoms with E-state index in [2.05, 4.69) is 41.7 Å². The molecular formula is C29H41N2O3S. The Morgan fingerprint density at radius 1 is 1.11 bits per heavy atom. The molecule has 0 bridgehead atoms. The van der Waals surface area contributed by atoms with Crippen molar-refractivity contribution in [1.82, 2.24) is 9.62 Å². The van der Waals surface area contributed by atoms with Gasteiger partial charge in [0.2, 0.25) is 0 Å². The smallest absolute Gasteiger partial charge is 0.136 e. The molecule has 0 aromatic heterocycles. The molecule has 1 aliphatic carbocycles. The van der Waals surface area contributed by atoms with Gasteiger partial charge in [0.25, 0.3) is 0 Å². The molecule has 1 aliphatic heterocycles. The Morgan fingerprint density at radius 3 is 2.40 bits per heavy atom. The topological polar surface area (TPSA) is 56.8 Å². The molecule has 2 aliphatic rings. The monoisotopic (exact) mass is 497 g/mol. The molecule has 2 aromatic rings. The summed E-state index contributed by atoms with van der Waals surface area (Å²) in [6, 6.07) is 14.5. The highest BCUT2D eigenvalue weighted by atomic mass is 32.2. The van der Waals surface area contributed by atoms with Crippen molar-refractivity contribution in [3.05, 3.63) is 65.1 Å². The molecule has 0 saturated carbocycles. The summed E-state index contributed by atoms with van der Waals surface area (Å²) in [6.07, 6.45) is 3.14. The van der Waals surface area contributed by atoms with Gasteiger partial charge < -0.3 is 18.9 Å². The summed E-state index contributed by atoms with van der Waals surface area (Å²) in [5.41, 5.74) is 3.69.